The Bertz CT molecular complexity index is 738. The summed E-state index contributed by atoms with van der Waals surface area (Å²) in [6.07, 6.45) is 0. The molecule has 0 aliphatic carbocycles. The highest BCUT2D eigenvalue weighted by molar-refractivity contribution is 7.92. The minimum absolute atomic E-state index is 0.167. The Balaban J connectivity index is 1.95. The van der Waals surface area contributed by atoms with E-state index in [2.05, 4.69) is 53.3 Å². The predicted octanol–water partition coefficient (Wildman–Crippen LogP) is 2.11. The van der Waals surface area contributed by atoms with E-state index < -0.39 is 14.6 Å². The van der Waals surface area contributed by atoms with Crippen LogP contribution in [0, 0.1) is 0 Å². The van der Waals surface area contributed by atoms with Crippen LogP contribution in [0.3, 0.4) is 0 Å². The third kappa shape index (κ3) is 5.45. The van der Waals surface area contributed by atoms with E-state index in [1.165, 1.54) is 11.1 Å². The average Bonchev–Trinajstić information content (AvgIpc) is 2.64. The fraction of sp³-hybridized carbons (Fsp3) is 0.650. The molecule has 6 nitrogen and oxygen atoms in total. The first-order chi connectivity index (χ1) is 12.7. The molecular weight excluding hydrogens is 360 g/mol. The standard InChI is InChI=1S/C20H34N4O2S/c1-6-23(7-2)15-18-10-8-17(9-11-18)14-22-19(21-5)24-12-13-27(25,26)20(3,4)16-24/h8-11H,6-7,12-16H2,1-5H3,(H,21,22). The van der Waals surface area contributed by atoms with Crippen LogP contribution in [0.15, 0.2) is 29.3 Å². The van der Waals surface area contributed by atoms with E-state index >= 15 is 0 Å². The second-order valence-electron chi connectivity index (χ2n) is 7.68. The highest BCUT2D eigenvalue weighted by Crippen LogP contribution is 2.23. The Labute approximate surface area is 164 Å². The fourth-order valence-corrected chi connectivity index (χ4v) is 4.67. The van der Waals surface area contributed by atoms with Gasteiger partial charge in [0.15, 0.2) is 15.8 Å². The van der Waals surface area contributed by atoms with Crippen LogP contribution < -0.4 is 5.32 Å². The van der Waals surface area contributed by atoms with Crippen LogP contribution in [-0.2, 0) is 22.9 Å². The smallest absolute Gasteiger partial charge is 0.193 e. The number of rotatable bonds is 6. The summed E-state index contributed by atoms with van der Waals surface area (Å²) in [5.41, 5.74) is 2.50. The SMILES string of the molecule is CCN(CC)Cc1ccc(CNC(=NC)N2CCS(=O)(=O)C(C)(C)C2)cc1. The molecule has 1 aliphatic rings. The van der Waals surface area contributed by atoms with Crippen molar-refractivity contribution in [3.8, 4) is 0 Å². The predicted molar refractivity (Wildman–Crippen MR) is 113 cm³/mol. The highest BCUT2D eigenvalue weighted by atomic mass is 32.2. The quantitative estimate of drug-likeness (QED) is 0.591. The molecule has 0 atom stereocenters. The van der Waals surface area contributed by atoms with Crippen molar-refractivity contribution >= 4 is 15.8 Å². The van der Waals surface area contributed by atoms with Gasteiger partial charge in [-0.1, -0.05) is 38.1 Å². The first kappa shape index (κ1) is 21.7. The number of aliphatic imine (C=N–C) groups is 1. The number of benzene rings is 1. The van der Waals surface area contributed by atoms with Crippen LogP contribution >= 0.6 is 0 Å². The summed E-state index contributed by atoms with van der Waals surface area (Å²) in [4.78, 5) is 8.78. The molecule has 0 saturated carbocycles. The van der Waals surface area contributed by atoms with Crippen LogP contribution in [0.5, 0.6) is 0 Å². The molecule has 7 heteroatoms. The summed E-state index contributed by atoms with van der Waals surface area (Å²) in [5, 5.41) is 3.37. The van der Waals surface area contributed by atoms with Crippen molar-refractivity contribution in [2.75, 3.05) is 39.0 Å². The van der Waals surface area contributed by atoms with Gasteiger partial charge >= 0.3 is 0 Å². The Kier molecular flexibility index (Phi) is 7.28. The molecular formula is C20H34N4O2S. The summed E-state index contributed by atoms with van der Waals surface area (Å²) < 4.78 is 23.6. The maximum atomic E-state index is 12.2. The minimum atomic E-state index is -3.05. The molecule has 27 heavy (non-hydrogen) atoms. The lowest BCUT2D eigenvalue weighted by atomic mass is 10.1. The maximum Gasteiger partial charge on any atom is 0.193 e. The lowest BCUT2D eigenvalue weighted by Gasteiger charge is -2.39. The zero-order chi connectivity index (χ0) is 20.1. The largest absolute Gasteiger partial charge is 0.352 e. The number of nitrogens with zero attached hydrogens (tertiary/aromatic N) is 3. The van der Waals surface area contributed by atoms with E-state index in [9.17, 15) is 8.42 Å². The van der Waals surface area contributed by atoms with Crippen LogP contribution in [0.4, 0.5) is 0 Å². The first-order valence-electron chi connectivity index (χ1n) is 9.70. The number of guanidine groups is 1. The molecule has 152 valence electrons. The van der Waals surface area contributed by atoms with E-state index in [4.69, 9.17) is 0 Å². The summed E-state index contributed by atoms with van der Waals surface area (Å²) in [6.45, 7) is 12.6. The van der Waals surface area contributed by atoms with Crippen LogP contribution in [0.25, 0.3) is 0 Å². The molecule has 2 rings (SSSR count). The van der Waals surface area contributed by atoms with Gasteiger partial charge in [-0.05, 0) is 38.1 Å². The summed E-state index contributed by atoms with van der Waals surface area (Å²) in [7, 11) is -1.31. The van der Waals surface area contributed by atoms with Crippen molar-refractivity contribution in [3.63, 3.8) is 0 Å². The Morgan fingerprint density at radius 3 is 2.30 bits per heavy atom. The molecule has 0 bridgehead atoms. The van der Waals surface area contributed by atoms with Gasteiger partial charge < -0.3 is 10.2 Å². The second-order valence-corrected chi connectivity index (χ2v) is 10.4. The third-order valence-corrected chi connectivity index (χ3v) is 7.86. The van der Waals surface area contributed by atoms with Gasteiger partial charge in [-0.3, -0.25) is 9.89 Å². The second kappa shape index (κ2) is 9.06. The lowest BCUT2D eigenvalue weighted by molar-refractivity contribution is 0.296. The van der Waals surface area contributed by atoms with E-state index in [0.29, 0.717) is 19.6 Å². The van der Waals surface area contributed by atoms with Crippen molar-refractivity contribution in [2.45, 2.75) is 45.5 Å². The van der Waals surface area contributed by atoms with Crippen molar-refractivity contribution in [3.05, 3.63) is 35.4 Å². The molecule has 1 fully saturated rings. The van der Waals surface area contributed by atoms with Crippen LogP contribution in [0.2, 0.25) is 0 Å². The zero-order valence-corrected chi connectivity index (χ0v) is 18.1. The molecule has 1 N–H and O–H groups in total. The monoisotopic (exact) mass is 394 g/mol. The van der Waals surface area contributed by atoms with Gasteiger partial charge in [0.1, 0.15) is 0 Å². The Hall–Kier alpha value is -1.60. The molecule has 0 aromatic heterocycles. The topological polar surface area (TPSA) is 65.0 Å². The lowest BCUT2D eigenvalue weighted by Crippen LogP contribution is -2.57. The van der Waals surface area contributed by atoms with E-state index in [1.54, 1.807) is 20.9 Å². The normalized spacial score (nSPS) is 19.3. The average molecular weight is 395 g/mol. The first-order valence-corrected chi connectivity index (χ1v) is 11.4. The zero-order valence-electron chi connectivity index (χ0n) is 17.3. The van der Waals surface area contributed by atoms with E-state index in [-0.39, 0.29) is 5.75 Å². The molecule has 0 unspecified atom stereocenters. The number of hydrogen-bond acceptors (Lipinski definition) is 4. The molecule has 1 saturated heterocycles. The van der Waals surface area contributed by atoms with Gasteiger partial charge in [0.25, 0.3) is 0 Å². The van der Waals surface area contributed by atoms with Gasteiger partial charge in [-0.15, -0.1) is 0 Å². The van der Waals surface area contributed by atoms with Crippen LogP contribution in [-0.4, -0.2) is 67.9 Å². The molecule has 1 aromatic rings. The molecule has 0 radical (unpaired) electrons. The molecule has 1 aliphatic heterocycles. The highest BCUT2D eigenvalue weighted by Gasteiger charge is 2.40. The number of nitrogens with one attached hydrogen (secondary N) is 1. The van der Waals surface area contributed by atoms with Crippen LogP contribution in [0.1, 0.15) is 38.8 Å². The van der Waals surface area contributed by atoms with Crippen molar-refractivity contribution in [1.82, 2.24) is 15.1 Å². The summed E-state index contributed by atoms with van der Waals surface area (Å²) in [6, 6.07) is 8.64. The molecule has 0 amide bonds. The van der Waals surface area contributed by atoms with Gasteiger partial charge in [0.05, 0.1) is 10.5 Å². The number of hydrogen-bond donors (Lipinski definition) is 1. The molecule has 0 spiro atoms. The van der Waals surface area contributed by atoms with Crippen molar-refractivity contribution in [1.29, 1.82) is 0 Å². The van der Waals surface area contributed by atoms with Gasteiger partial charge in [-0.2, -0.15) is 0 Å². The Morgan fingerprint density at radius 2 is 1.78 bits per heavy atom. The summed E-state index contributed by atoms with van der Waals surface area (Å²) in [5.74, 6) is 0.922. The van der Waals surface area contributed by atoms with Gasteiger partial charge in [0, 0.05) is 33.2 Å². The van der Waals surface area contributed by atoms with Gasteiger partial charge in [0.2, 0.25) is 0 Å². The fourth-order valence-electron chi connectivity index (χ4n) is 3.31. The van der Waals surface area contributed by atoms with Crippen molar-refractivity contribution in [2.24, 2.45) is 4.99 Å². The minimum Gasteiger partial charge on any atom is -0.352 e. The summed E-state index contributed by atoms with van der Waals surface area (Å²) >= 11 is 0. The maximum absolute atomic E-state index is 12.2. The third-order valence-electron chi connectivity index (χ3n) is 5.33. The van der Waals surface area contributed by atoms with E-state index in [1.807, 2.05) is 4.90 Å². The number of sulfone groups is 1. The van der Waals surface area contributed by atoms with Crippen molar-refractivity contribution < 1.29 is 8.42 Å². The van der Waals surface area contributed by atoms with E-state index in [0.717, 1.165) is 25.6 Å². The molecule has 1 heterocycles. The van der Waals surface area contributed by atoms with Gasteiger partial charge in [-0.25, -0.2) is 8.42 Å². The Morgan fingerprint density at radius 1 is 1.19 bits per heavy atom. The molecule has 1 aromatic carbocycles.